The van der Waals surface area contributed by atoms with Gasteiger partial charge in [0.05, 0.1) is 11.4 Å². The van der Waals surface area contributed by atoms with Gasteiger partial charge in [-0.25, -0.2) is 0 Å². The molecule has 1 heterocycles. The lowest BCUT2D eigenvalue weighted by Crippen LogP contribution is -2.22. The quantitative estimate of drug-likeness (QED) is 0.777. The zero-order valence-corrected chi connectivity index (χ0v) is 9.79. The maximum absolute atomic E-state index is 5.71. The first-order chi connectivity index (χ1) is 7.76. The molecule has 0 spiro atoms. The third kappa shape index (κ3) is 2.54. The molecule has 0 aliphatic carbocycles. The van der Waals surface area contributed by atoms with E-state index in [-0.39, 0.29) is 0 Å². The Balaban J connectivity index is 3.17. The van der Waals surface area contributed by atoms with Crippen LogP contribution in [0.25, 0.3) is 0 Å². The Labute approximate surface area is 97.0 Å². The molecule has 0 aromatic carbocycles. The molecule has 0 aromatic heterocycles. The first-order valence-electron chi connectivity index (χ1n) is 5.20. The highest BCUT2D eigenvalue weighted by atomic mass is 16.5. The summed E-state index contributed by atoms with van der Waals surface area (Å²) in [4.78, 5) is 0. The molecular formula is C14H17NO. The highest BCUT2D eigenvalue weighted by Crippen LogP contribution is 2.24. The van der Waals surface area contributed by atoms with E-state index in [2.05, 4.69) is 18.5 Å². The molecule has 0 saturated carbocycles. The summed E-state index contributed by atoms with van der Waals surface area (Å²) in [7, 11) is 0. The standard InChI is InChI=1S/C14H17NO/c1-5-9-11-13(7-3)16-14(8-4)12(15-11)10-6-2/h5-10,15H,1,4H2,2-3H3/b10-6-,11-9+,13-7+. The van der Waals surface area contributed by atoms with Crippen molar-refractivity contribution < 1.29 is 4.74 Å². The highest BCUT2D eigenvalue weighted by molar-refractivity contribution is 5.41. The van der Waals surface area contributed by atoms with Crippen molar-refractivity contribution in [2.75, 3.05) is 0 Å². The predicted molar refractivity (Wildman–Crippen MR) is 68.3 cm³/mol. The molecule has 0 aromatic rings. The Morgan fingerprint density at radius 3 is 2.50 bits per heavy atom. The molecule has 1 aliphatic rings. The van der Waals surface area contributed by atoms with E-state index in [1.807, 2.05) is 38.2 Å². The van der Waals surface area contributed by atoms with Crippen LogP contribution in [0.5, 0.6) is 0 Å². The van der Waals surface area contributed by atoms with Gasteiger partial charge in [-0.15, -0.1) is 0 Å². The van der Waals surface area contributed by atoms with Crippen LogP contribution in [0.2, 0.25) is 0 Å². The Kier molecular flexibility index (Phi) is 4.40. The molecule has 0 unspecified atom stereocenters. The summed E-state index contributed by atoms with van der Waals surface area (Å²) in [5, 5.41) is 3.28. The number of hydrogen-bond acceptors (Lipinski definition) is 2. The van der Waals surface area contributed by atoms with Crippen molar-refractivity contribution in [1.29, 1.82) is 0 Å². The van der Waals surface area contributed by atoms with E-state index in [9.17, 15) is 0 Å². The summed E-state index contributed by atoms with van der Waals surface area (Å²) in [6.45, 7) is 11.3. The van der Waals surface area contributed by atoms with Gasteiger partial charge in [0.2, 0.25) is 0 Å². The molecule has 1 rings (SSSR count). The van der Waals surface area contributed by atoms with E-state index in [1.54, 1.807) is 12.2 Å². The summed E-state index contributed by atoms with van der Waals surface area (Å²) in [5.41, 5.74) is 1.80. The van der Waals surface area contributed by atoms with Crippen LogP contribution in [0, 0.1) is 0 Å². The molecule has 0 bridgehead atoms. The maximum Gasteiger partial charge on any atom is 0.150 e. The number of rotatable bonds is 3. The lowest BCUT2D eigenvalue weighted by molar-refractivity contribution is 0.305. The van der Waals surface area contributed by atoms with Crippen molar-refractivity contribution in [3.8, 4) is 0 Å². The number of ether oxygens (including phenoxy) is 1. The van der Waals surface area contributed by atoms with Gasteiger partial charge in [-0.05, 0) is 38.2 Å². The molecule has 0 fully saturated rings. The van der Waals surface area contributed by atoms with Crippen molar-refractivity contribution in [3.05, 3.63) is 72.5 Å². The Morgan fingerprint density at radius 2 is 2.00 bits per heavy atom. The topological polar surface area (TPSA) is 21.3 Å². The Hall–Kier alpha value is -1.96. The van der Waals surface area contributed by atoms with Gasteiger partial charge >= 0.3 is 0 Å². The molecule has 1 N–H and O–H groups in total. The largest absolute Gasteiger partial charge is 0.453 e. The fourth-order valence-electron chi connectivity index (χ4n) is 1.39. The smallest absolute Gasteiger partial charge is 0.150 e. The van der Waals surface area contributed by atoms with E-state index >= 15 is 0 Å². The average Bonchev–Trinajstić information content (AvgIpc) is 2.30. The third-order valence-corrected chi connectivity index (χ3v) is 2.09. The van der Waals surface area contributed by atoms with Crippen LogP contribution in [0.1, 0.15) is 13.8 Å². The van der Waals surface area contributed by atoms with Crippen LogP contribution in [-0.2, 0) is 4.74 Å². The van der Waals surface area contributed by atoms with Gasteiger partial charge in [0.25, 0.3) is 0 Å². The predicted octanol–water partition coefficient (Wildman–Crippen LogP) is 3.55. The normalized spacial score (nSPS) is 21.1. The fourth-order valence-corrected chi connectivity index (χ4v) is 1.39. The fraction of sp³-hybridized carbons (Fsp3) is 0.143. The SMILES string of the molecule is C=C/C=C1/NC(/C=C\C)=C(C=C)O/C1=C/C. The molecule has 0 atom stereocenters. The van der Waals surface area contributed by atoms with Crippen molar-refractivity contribution >= 4 is 0 Å². The molecule has 2 nitrogen and oxygen atoms in total. The minimum atomic E-state index is 0.729. The molecule has 0 saturated heterocycles. The van der Waals surface area contributed by atoms with Gasteiger partial charge < -0.3 is 10.1 Å². The van der Waals surface area contributed by atoms with Crippen molar-refractivity contribution in [2.45, 2.75) is 13.8 Å². The van der Waals surface area contributed by atoms with Gasteiger partial charge in [0, 0.05) is 0 Å². The second-order valence-electron chi connectivity index (χ2n) is 3.18. The lowest BCUT2D eigenvalue weighted by atomic mass is 10.2. The zero-order valence-electron chi connectivity index (χ0n) is 9.79. The Bertz CT molecular complexity index is 408. The summed E-state index contributed by atoms with van der Waals surface area (Å²) in [6, 6.07) is 0. The van der Waals surface area contributed by atoms with E-state index in [4.69, 9.17) is 4.74 Å². The minimum Gasteiger partial charge on any atom is -0.453 e. The summed E-state index contributed by atoms with van der Waals surface area (Å²) in [6.07, 6.45) is 11.1. The van der Waals surface area contributed by atoms with Crippen molar-refractivity contribution in [1.82, 2.24) is 5.32 Å². The van der Waals surface area contributed by atoms with Gasteiger partial charge in [-0.2, -0.15) is 0 Å². The first-order valence-corrected chi connectivity index (χ1v) is 5.20. The van der Waals surface area contributed by atoms with E-state index in [0.717, 1.165) is 22.9 Å². The van der Waals surface area contributed by atoms with Crippen molar-refractivity contribution in [2.24, 2.45) is 0 Å². The second kappa shape index (κ2) is 5.81. The van der Waals surface area contributed by atoms with Crippen LogP contribution in [0.4, 0.5) is 0 Å². The van der Waals surface area contributed by atoms with E-state index in [0.29, 0.717) is 0 Å². The molecule has 16 heavy (non-hydrogen) atoms. The number of nitrogens with one attached hydrogen (secondary N) is 1. The van der Waals surface area contributed by atoms with Gasteiger partial charge in [-0.3, -0.25) is 0 Å². The number of hydrogen-bond donors (Lipinski definition) is 1. The highest BCUT2D eigenvalue weighted by Gasteiger charge is 2.16. The maximum atomic E-state index is 5.71. The van der Waals surface area contributed by atoms with Crippen LogP contribution in [0.15, 0.2) is 72.5 Å². The van der Waals surface area contributed by atoms with Crippen LogP contribution in [0.3, 0.4) is 0 Å². The van der Waals surface area contributed by atoms with Gasteiger partial charge in [0.15, 0.2) is 0 Å². The Morgan fingerprint density at radius 1 is 1.25 bits per heavy atom. The van der Waals surface area contributed by atoms with Crippen LogP contribution in [-0.4, -0.2) is 0 Å². The van der Waals surface area contributed by atoms with E-state index in [1.165, 1.54) is 0 Å². The van der Waals surface area contributed by atoms with Crippen LogP contribution < -0.4 is 5.32 Å². The first kappa shape index (κ1) is 12.1. The molecular weight excluding hydrogens is 198 g/mol. The minimum absolute atomic E-state index is 0.729. The summed E-state index contributed by atoms with van der Waals surface area (Å²) < 4.78 is 5.71. The number of allylic oxidation sites excluding steroid dienone is 6. The van der Waals surface area contributed by atoms with Gasteiger partial charge in [0.1, 0.15) is 11.5 Å². The average molecular weight is 215 g/mol. The summed E-state index contributed by atoms with van der Waals surface area (Å²) >= 11 is 0. The van der Waals surface area contributed by atoms with Crippen LogP contribution >= 0.6 is 0 Å². The molecule has 0 amide bonds. The van der Waals surface area contributed by atoms with Crippen molar-refractivity contribution in [3.63, 3.8) is 0 Å². The van der Waals surface area contributed by atoms with Gasteiger partial charge in [-0.1, -0.05) is 25.3 Å². The second-order valence-corrected chi connectivity index (χ2v) is 3.18. The summed E-state index contributed by atoms with van der Waals surface area (Å²) in [5.74, 6) is 1.51. The third-order valence-electron chi connectivity index (χ3n) is 2.09. The molecule has 0 radical (unpaired) electrons. The monoisotopic (exact) mass is 215 g/mol. The zero-order chi connectivity index (χ0) is 12.0. The molecule has 84 valence electrons. The van der Waals surface area contributed by atoms with E-state index < -0.39 is 0 Å². The molecule has 1 aliphatic heterocycles. The lowest BCUT2D eigenvalue weighted by Gasteiger charge is -2.23. The molecule has 2 heteroatoms.